The summed E-state index contributed by atoms with van der Waals surface area (Å²) in [5.41, 5.74) is 1.22. The van der Waals surface area contributed by atoms with Crippen molar-refractivity contribution in [2.24, 2.45) is 72.1 Å². The molecule has 0 bridgehead atoms. The first-order chi connectivity index (χ1) is 40.8. The molecule has 8 aliphatic rings. The van der Waals surface area contributed by atoms with E-state index in [-0.39, 0.29) is 0 Å². The number of aryl methyl sites for hydroxylation is 1. The third kappa shape index (κ3) is 49.0. The number of rotatable bonds is 8. The summed E-state index contributed by atoms with van der Waals surface area (Å²) in [5, 5.41) is 0. The van der Waals surface area contributed by atoms with Gasteiger partial charge in [0.05, 0.1) is 6.33 Å². The fourth-order valence-corrected chi connectivity index (χ4v) is 10.2. The Labute approximate surface area is 546 Å². The normalized spacial score (nSPS) is 19.8. The number of allylic oxidation sites excluding steroid dienone is 1. The van der Waals surface area contributed by atoms with Gasteiger partial charge in [-0.2, -0.15) is 0 Å². The highest BCUT2D eigenvalue weighted by atomic mass is 15.3. The van der Waals surface area contributed by atoms with Crippen LogP contribution in [-0.4, -0.2) is 205 Å². The van der Waals surface area contributed by atoms with Crippen LogP contribution in [0, 0.1) is 65.1 Å². The molecule has 10 rings (SSSR count). The van der Waals surface area contributed by atoms with Crippen LogP contribution in [0.25, 0.3) is 0 Å². The summed E-state index contributed by atoms with van der Waals surface area (Å²) in [7, 11) is 10.7. The monoisotopic (exact) mass is 1220 g/mol. The van der Waals surface area contributed by atoms with Crippen LogP contribution in [0.4, 0.5) is 0 Å². The topological polar surface area (TPSA) is 56.6 Å². The minimum atomic E-state index is 0.730. The molecule has 7 saturated heterocycles. The zero-order valence-corrected chi connectivity index (χ0v) is 63.5. The molecule has 0 spiro atoms. The average Bonchev–Trinajstić information content (AvgIpc) is 2.02. The molecule has 0 atom stereocenters. The predicted molar refractivity (Wildman–Crippen MR) is 389 cm³/mol. The Bertz CT molecular complexity index is 1680. The highest BCUT2D eigenvalue weighted by molar-refractivity contribution is 4.97. The largest absolute Gasteiger partial charge is 0.375 e. The van der Waals surface area contributed by atoms with Crippen molar-refractivity contribution in [3.8, 4) is 0 Å². The molecule has 11 heteroatoms. The van der Waals surface area contributed by atoms with Crippen LogP contribution in [-0.2, 0) is 7.05 Å². The zero-order chi connectivity index (χ0) is 66.6. The van der Waals surface area contributed by atoms with Gasteiger partial charge in [-0.3, -0.25) is 14.8 Å². The molecule has 11 nitrogen and oxygen atoms in total. The average molecular weight is 1220 g/mol. The minimum absolute atomic E-state index is 0.730. The second-order valence-electron chi connectivity index (χ2n) is 31.1. The molecule has 0 radical (unpaired) electrons. The molecule has 2 aromatic rings. The number of likely N-dealkylation sites (tertiary alicyclic amines) is 6. The van der Waals surface area contributed by atoms with E-state index in [9.17, 15) is 0 Å². The van der Waals surface area contributed by atoms with E-state index in [1.807, 2.05) is 36.0 Å². The van der Waals surface area contributed by atoms with E-state index in [0.29, 0.717) is 0 Å². The molecule has 2 aromatic heterocycles. The number of hydrogen-bond donors (Lipinski definition) is 0. The van der Waals surface area contributed by atoms with Crippen LogP contribution in [0.3, 0.4) is 0 Å². The quantitative estimate of drug-likeness (QED) is 0.255. The summed E-state index contributed by atoms with van der Waals surface area (Å²) in [6.45, 7) is 73.8. The number of piperazine rings is 1. The third-order valence-corrected chi connectivity index (χ3v) is 17.1. The van der Waals surface area contributed by atoms with E-state index in [0.717, 1.165) is 83.2 Å². The van der Waals surface area contributed by atoms with Gasteiger partial charge in [-0.05, 0) is 192 Å². The Balaban J connectivity index is 0. The molecule has 7 aliphatic heterocycles. The molecule has 87 heavy (non-hydrogen) atoms. The van der Waals surface area contributed by atoms with E-state index in [1.165, 1.54) is 168 Å². The second-order valence-corrected chi connectivity index (χ2v) is 31.1. The van der Waals surface area contributed by atoms with E-state index in [1.54, 1.807) is 24.9 Å². The van der Waals surface area contributed by atoms with Crippen molar-refractivity contribution in [2.45, 2.75) is 228 Å². The molecule has 0 unspecified atom stereocenters. The van der Waals surface area contributed by atoms with Gasteiger partial charge in [0.2, 0.25) is 0 Å². The second kappa shape index (κ2) is 52.1. The van der Waals surface area contributed by atoms with Crippen LogP contribution >= 0.6 is 0 Å². The summed E-state index contributed by atoms with van der Waals surface area (Å²) < 4.78 is 1.89. The Kier molecular flexibility index (Phi) is 52.0. The van der Waals surface area contributed by atoms with Gasteiger partial charge >= 0.3 is 0 Å². The van der Waals surface area contributed by atoms with Crippen LogP contribution in [0.15, 0.2) is 61.6 Å². The first-order valence-corrected chi connectivity index (χ1v) is 35.9. The zero-order valence-electron chi connectivity index (χ0n) is 63.5. The van der Waals surface area contributed by atoms with Gasteiger partial charge in [-0.25, -0.2) is 4.98 Å². The van der Waals surface area contributed by atoms with E-state index in [4.69, 9.17) is 0 Å². The molecule has 1 aliphatic carbocycles. The molecule has 514 valence electrons. The van der Waals surface area contributed by atoms with Gasteiger partial charge in [0.1, 0.15) is 0 Å². The van der Waals surface area contributed by atoms with Crippen molar-refractivity contribution in [3.63, 3.8) is 0 Å². The smallest absolute Gasteiger partial charge is 0.0943 e. The van der Waals surface area contributed by atoms with Crippen molar-refractivity contribution in [1.29, 1.82) is 0 Å². The van der Waals surface area contributed by atoms with Gasteiger partial charge in [-0.15, -0.1) is 0 Å². The third-order valence-electron chi connectivity index (χ3n) is 17.1. The number of imidazole rings is 1. The van der Waals surface area contributed by atoms with Crippen LogP contribution in [0.5, 0.6) is 0 Å². The standard InChI is InChI=1S/C10H20N2.C9H17N.C8H18N2.C8H17N.C7H15N.C7H14.C6H13N.C5H5N.C4H6N2.3C4H10/c1-8(2)9-4-12(5-9)10-6-11(3)7-10;1-7(2)9-5-10(6-9)8(3)4;1-8(2)10-6-4-9(3)5-7-10;1-8(2)9-6-4-3-5-7-9;1-6(2)7-4-8(3)5-7;1-6(2)7-4-3-5-7;1-7-5-3-2-4-6-7;1-2-4-6-5-3-1;1-6-3-2-5-4-6;3*1-4(2)3/h8-10H,4-7H2,1-3H3;7,9H,3,5-6H2,1-2,4H3;8H,4-7H2,1-3H3;8H,3-7H2,1-2H3;6-7H,4-5H2,1-3H3;6-7H,3-5H2,1-2H3;2-6H2,1H3;1-5H;2-4H,1H3;3*4H,1-3H3. The lowest BCUT2D eigenvalue weighted by molar-refractivity contribution is -0.0339. The van der Waals surface area contributed by atoms with Gasteiger partial charge in [-0.1, -0.05) is 162 Å². The maximum Gasteiger partial charge on any atom is 0.0943 e. The molecule has 1 saturated carbocycles. The Morgan fingerprint density at radius 1 is 0.379 bits per heavy atom. The highest BCUT2D eigenvalue weighted by Crippen LogP contribution is 2.32. The summed E-state index contributed by atoms with van der Waals surface area (Å²) in [5.74, 6) is 10.0. The first-order valence-electron chi connectivity index (χ1n) is 35.9. The number of piperidine rings is 2. The number of likely N-dealkylation sites (N-methyl/N-ethyl adjacent to an activating group) is 2. The summed E-state index contributed by atoms with van der Waals surface area (Å²) in [6.07, 6.45) is 21.9. The molecular weight excluding hydrogens is 1070 g/mol. The van der Waals surface area contributed by atoms with E-state index in [2.05, 4.69) is 236 Å². The van der Waals surface area contributed by atoms with Gasteiger partial charge in [0, 0.05) is 134 Å². The van der Waals surface area contributed by atoms with Gasteiger partial charge in [0.25, 0.3) is 0 Å². The molecule has 0 N–H and O–H groups in total. The maximum atomic E-state index is 3.90. The number of pyridine rings is 1. The summed E-state index contributed by atoms with van der Waals surface area (Å²) >= 11 is 0. The minimum Gasteiger partial charge on any atom is -0.375 e. The molecule has 9 heterocycles. The van der Waals surface area contributed by atoms with Crippen molar-refractivity contribution >= 4 is 0 Å². The lowest BCUT2D eigenvalue weighted by Gasteiger charge is -2.52. The fraction of sp³-hybridized carbons (Fsp3) is 0.868. The van der Waals surface area contributed by atoms with Crippen LogP contribution in [0.2, 0.25) is 0 Å². The van der Waals surface area contributed by atoms with E-state index >= 15 is 0 Å². The predicted octanol–water partition coefficient (Wildman–Crippen LogP) is 16.8. The van der Waals surface area contributed by atoms with Gasteiger partial charge < -0.3 is 34.0 Å². The number of hydrogen-bond acceptors (Lipinski definition) is 10. The van der Waals surface area contributed by atoms with Crippen LogP contribution in [0.1, 0.15) is 210 Å². The van der Waals surface area contributed by atoms with Crippen LogP contribution < -0.4 is 0 Å². The first kappa shape index (κ1) is 86.7. The Morgan fingerprint density at radius 3 is 0.966 bits per heavy atom. The van der Waals surface area contributed by atoms with E-state index < -0.39 is 0 Å². The highest BCUT2D eigenvalue weighted by Gasteiger charge is 2.38. The molecular formula is C76H155N11. The lowest BCUT2D eigenvalue weighted by atomic mass is 9.78. The number of aromatic nitrogens is 3. The van der Waals surface area contributed by atoms with Crippen molar-refractivity contribution in [3.05, 3.63) is 61.6 Å². The SMILES string of the molecule is C=C(C)N1CC(C(C)C)C1.CC(C)C.CC(C)C.CC(C)C.CC(C)C1CCC1.CC(C)C1CN(C)C1.CC(C)C1CN(C2CN(C)C2)C1.CC(C)N1CCCCC1.CC(C)N1CCN(C)CC1.CN1CCCCC1.Cn1ccnc1.c1ccncc1. The van der Waals surface area contributed by atoms with Crippen molar-refractivity contribution in [2.75, 3.05) is 133 Å². The fourth-order valence-electron chi connectivity index (χ4n) is 10.2. The lowest BCUT2D eigenvalue weighted by Crippen LogP contribution is -2.64. The molecule has 8 fully saturated rings. The maximum absolute atomic E-state index is 3.90. The molecule has 0 amide bonds. The molecule has 0 aromatic carbocycles. The summed E-state index contributed by atoms with van der Waals surface area (Å²) in [6, 6.07) is 8.11. The van der Waals surface area contributed by atoms with Crippen molar-refractivity contribution < 1.29 is 0 Å². The Morgan fingerprint density at radius 2 is 0.747 bits per heavy atom. The van der Waals surface area contributed by atoms with Crippen molar-refractivity contribution in [1.82, 2.24) is 53.7 Å². The number of nitrogens with zero attached hydrogens (tertiary/aromatic N) is 11. The Hall–Kier alpha value is -2.38. The van der Waals surface area contributed by atoms with Gasteiger partial charge in [0.15, 0.2) is 0 Å². The summed E-state index contributed by atoms with van der Waals surface area (Å²) in [4.78, 5) is 27.2.